The van der Waals surface area contributed by atoms with Gasteiger partial charge in [0.2, 0.25) is 0 Å². The molecule has 1 aromatic carbocycles. The predicted octanol–water partition coefficient (Wildman–Crippen LogP) is 2.62. The van der Waals surface area contributed by atoms with Gasteiger partial charge in [-0.1, -0.05) is 30.3 Å². The molecule has 4 nitrogen and oxygen atoms in total. The number of aromatic nitrogens is 3. The summed E-state index contributed by atoms with van der Waals surface area (Å²) < 4.78 is 1.97. The third kappa shape index (κ3) is 4.39. The van der Waals surface area contributed by atoms with Crippen molar-refractivity contribution in [3.63, 3.8) is 0 Å². The fourth-order valence-electron chi connectivity index (χ4n) is 3.25. The standard InChI is InChI=1S/C17H24N4/c1-2-6-16(7-3-1)8-4-10-20-11-5-9-17(12-20)13-21-15-18-14-19-21/h1-3,6-7,14-15,17H,4-5,8-13H2. The van der Waals surface area contributed by atoms with Crippen molar-refractivity contribution in [2.24, 2.45) is 5.92 Å². The molecule has 0 amide bonds. The van der Waals surface area contributed by atoms with Crippen LogP contribution >= 0.6 is 0 Å². The van der Waals surface area contributed by atoms with Crippen LogP contribution in [0.4, 0.5) is 0 Å². The van der Waals surface area contributed by atoms with Crippen LogP contribution in [-0.2, 0) is 13.0 Å². The van der Waals surface area contributed by atoms with Gasteiger partial charge < -0.3 is 4.90 Å². The van der Waals surface area contributed by atoms with Crippen LogP contribution in [0.5, 0.6) is 0 Å². The lowest BCUT2D eigenvalue weighted by Crippen LogP contribution is -2.37. The van der Waals surface area contributed by atoms with E-state index < -0.39 is 0 Å². The van der Waals surface area contributed by atoms with Crippen LogP contribution < -0.4 is 0 Å². The van der Waals surface area contributed by atoms with Crippen LogP contribution in [0.3, 0.4) is 0 Å². The second kappa shape index (κ2) is 7.36. The van der Waals surface area contributed by atoms with E-state index in [2.05, 4.69) is 45.3 Å². The van der Waals surface area contributed by atoms with Crippen LogP contribution in [-0.4, -0.2) is 39.3 Å². The molecule has 0 radical (unpaired) electrons. The summed E-state index contributed by atoms with van der Waals surface area (Å²) in [7, 11) is 0. The Morgan fingerprint density at radius 3 is 2.90 bits per heavy atom. The molecule has 1 atom stereocenters. The Balaban J connectivity index is 1.41. The fraction of sp³-hybridized carbons (Fsp3) is 0.529. The summed E-state index contributed by atoms with van der Waals surface area (Å²) in [5.74, 6) is 0.720. The molecule has 0 aliphatic carbocycles. The number of aryl methyl sites for hydroxylation is 1. The van der Waals surface area contributed by atoms with E-state index in [1.165, 1.54) is 50.9 Å². The van der Waals surface area contributed by atoms with Gasteiger partial charge in [0.05, 0.1) is 0 Å². The molecule has 2 heterocycles. The normalized spacial score (nSPS) is 19.7. The molecule has 1 aliphatic rings. The van der Waals surface area contributed by atoms with Crippen molar-refractivity contribution in [2.45, 2.75) is 32.2 Å². The molecular weight excluding hydrogens is 260 g/mol. The molecule has 1 saturated heterocycles. The van der Waals surface area contributed by atoms with Crippen molar-refractivity contribution in [1.82, 2.24) is 19.7 Å². The molecule has 21 heavy (non-hydrogen) atoms. The first-order chi connectivity index (χ1) is 10.4. The van der Waals surface area contributed by atoms with Gasteiger partial charge in [0.1, 0.15) is 12.7 Å². The smallest absolute Gasteiger partial charge is 0.137 e. The highest BCUT2D eigenvalue weighted by Crippen LogP contribution is 2.18. The number of benzene rings is 1. The van der Waals surface area contributed by atoms with Gasteiger partial charge in [-0.05, 0) is 50.3 Å². The zero-order valence-electron chi connectivity index (χ0n) is 12.6. The van der Waals surface area contributed by atoms with Crippen molar-refractivity contribution >= 4 is 0 Å². The molecule has 0 saturated carbocycles. The Labute approximate surface area is 126 Å². The summed E-state index contributed by atoms with van der Waals surface area (Å²) in [4.78, 5) is 6.65. The summed E-state index contributed by atoms with van der Waals surface area (Å²) in [5.41, 5.74) is 1.45. The molecule has 0 spiro atoms. The summed E-state index contributed by atoms with van der Waals surface area (Å²) in [6.07, 6.45) is 8.51. The van der Waals surface area contributed by atoms with E-state index in [1.807, 2.05) is 11.0 Å². The average Bonchev–Trinajstić information content (AvgIpc) is 3.02. The van der Waals surface area contributed by atoms with E-state index in [4.69, 9.17) is 0 Å². The summed E-state index contributed by atoms with van der Waals surface area (Å²) >= 11 is 0. The van der Waals surface area contributed by atoms with Crippen LogP contribution in [0.25, 0.3) is 0 Å². The number of hydrogen-bond acceptors (Lipinski definition) is 3. The molecule has 1 fully saturated rings. The SMILES string of the molecule is c1ccc(CCCN2CCCC(Cn3cncn3)C2)cc1. The summed E-state index contributed by atoms with van der Waals surface area (Å²) in [6, 6.07) is 10.8. The molecule has 112 valence electrons. The van der Waals surface area contributed by atoms with Crippen molar-refractivity contribution in [3.05, 3.63) is 48.5 Å². The van der Waals surface area contributed by atoms with Gasteiger partial charge >= 0.3 is 0 Å². The van der Waals surface area contributed by atoms with Crippen LogP contribution in [0, 0.1) is 5.92 Å². The zero-order chi connectivity index (χ0) is 14.3. The monoisotopic (exact) mass is 284 g/mol. The minimum Gasteiger partial charge on any atom is -0.303 e. The maximum absolute atomic E-state index is 4.22. The number of hydrogen-bond donors (Lipinski definition) is 0. The fourth-order valence-corrected chi connectivity index (χ4v) is 3.25. The Morgan fingerprint density at radius 2 is 2.10 bits per heavy atom. The number of nitrogens with zero attached hydrogens (tertiary/aromatic N) is 4. The van der Waals surface area contributed by atoms with Gasteiger partial charge in [0.25, 0.3) is 0 Å². The van der Waals surface area contributed by atoms with E-state index >= 15 is 0 Å². The molecule has 0 bridgehead atoms. The summed E-state index contributed by atoms with van der Waals surface area (Å²) in [5, 5.41) is 4.22. The largest absolute Gasteiger partial charge is 0.303 e. The third-order valence-corrected chi connectivity index (χ3v) is 4.30. The van der Waals surface area contributed by atoms with Gasteiger partial charge in [0.15, 0.2) is 0 Å². The summed E-state index contributed by atoms with van der Waals surface area (Å²) in [6.45, 7) is 4.68. The van der Waals surface area contributed by atoms with Crippen LogP contribution in [0.1, 0.15) is 24.8 Å². The molecule has 4 heteroatoms. The van der Waals surface area contributed by atoms with Gasteiger partial charge in [-0.15, -0.1) is 0 Å². The molecule has 1 unspecified atom stereocenters. The molecule has 2 aromatic rings. The predicted molar refractivity (Wildman–Crippen MR) is 83.9 cm³/mol. The van der Waals surface area contributed by atoms with Gasteiger partial charge in [-0.3, -0.25) is 4.68 Å². The number of rotatable bonds is 6. The van der Waals surface area contributed by atoms with E-state index in [0.29, 0.717) is 0 Å². The maximum Gasteiger partial charge on any atom is 0.137 e. The minimum atomic E-state index is 0.720. The minimum absolute atomic E-state index is 0.720. The maximum atomic E-state index is 4.22. The Morgan fingerprint density at radius 1 is 1.19 bits per heavy atom. The molecule has 3 rings (SSSR count). The lowest BCUT2D eigenvalue weighted by Gasteiger charge is -2.32. The zero-order valence-corrected chi connectivity index (χ0v) is 12.6. The lowest BCUT2D eigenvalue weighted by atomic mass is 9.97. The highest BCUT2D eigenvalue weighted by Gasteiger charge is 2.20. The molecular formula is C17H24N4. The third-order valence-electron chi connectivity index (χ3n) is 4.30. The highest BCUT2D eigenvalue weighted by atomic mass is 15.3. The molecule has 1 aliphatic heterocycles. The molecule has 1 aromatic heterocycles. The topological polar surface area (TPSA) is 34.0 Å². The van der Waals surface area contributed by atoms with Gasteiger partial charge in [0, 0.05) is 13.1 Å². The van der Waals surface area contributed by atoms with Crippen LogP contribution in [0.15, 0.2) is 43.0 Å². The second-order valence-corrected chi connectivity index (χ2v) is 6.02. The van der Waals surface area contributed by atoms with Crippen LogP contribution in [0.2, 0.25) is 0 Å². The van der Waals surface area contributed by atoms with E-state index in [-0.39, 0.29) is 0 Å². The van der Waals surface area contributed by atoms with Crippen molar-refractivity contribution in [3.8, 4) is 0 Å². The first kappa shape index (κ1) is 14.3. The first-order valence-electron chi connectivity index (χ1n) is 7.99. The van der Waals surface area contributed by atoms with E-state index in [9.17, 15) is 0 Å². The molecule has 0 N–H and O–H groups in total. The Bertz CT molecular complexity index is 509. The van der Waals surface area contributed by atoms with E-state index in [1.54, 1.807) is 6.33 Å². The first-order valence-corrected chi connectivity index (χ1v) is 7.99. The average molecular weight is 284 g/mol. The van der Waals surface area contributed by atoms with E-state index in [0.717, 1.165) is 12.5 Å². The van der Waals surface area contributed by atoms with Gasteiger partial charge in [-0.2, -0.15) is 5.10 Å². The van der Waals surface area contributed by atoms with Crippen molar-refractivity contribution in [1.29, 1.82) is 0 Å². The lowest BCUT2D eigenvalue weighted by molar-refractivity contribution is 0.158. The number of piperidine rings is 1. The highest BCUT2D eigenvalue weighted by molar-refractivity contribution is 5.14. The Hall–Kier alpha value is -1.68. The van der Waals surface area contributed by atoms with Crippen molar-refractivity contribution < 1.29 is 0 Å². The van der Waals surface area contributed by atoms with Gasteiger partial charge in [-0.25, -0.2) is 4.98 Å². The number of likely N-dealkylation sites (tertiary alicyclic amines) is 1. The quantitative estimate of drug-likeness (QED) is 0.817. The second-order valence-electron chi connectivity index (χ2n) is 6.02. The van der Waals surface area contributed by atoms with Crippen molar-refractivity contribution in [2.75, 3.05) is 19.6 Å². The Kier molecular flexibility index (Phi) is 5.00.